The molecule has 3 aromatic carbocycles. The third-order valence-corrected chi connectivity index (χ3v) is 16.4. The van der Waals surface area contributed by atoms with Gasteiger partial charge in [-0.05, 0) is 113 Å². The lowest BCUT2D eigenvalue weighted by atomic mass is 9.85. The van der Waals surface area contributed by atoms with Gasteiger partial charge in [0.15, 0.2) is 14.1 Å². The summed E-state index contributed by atoms with van der Waals surface area (Å²) in [6.07, 6.45) is 2.59. The Morgan fingerprint density at radius 1 is 0.869 bits per heavy atom. The summed E-state index contributed by atoms with van der Waals surface area (Å²) in [4.78, 5) is 57.9. The van der Waals surface area contributed by atoms with E-state index in [2.05, 4.69) is 44.2 Å². The van der Waals surface area contributed by atoms with Gasteiger partial charge in [0.2, 0.25) is 11.2 Å². The molecule has 0 bridgehead atoms. The molecule has 13 heteroatoms. The number of nitrogens with one attached hydrogen (secondary N) is 2. The number of amides is 1. The zero-order valence-corrected chi connectivity index (χ0v) is 38.1. The first kappa shape index (κ1) is 47.2. The van der Waals surface area contributed by atoms with E-state index in [1.54, 1.807) is 71.6 Å². The average molecular weight is 856 g/mol. The molecule has 1 fully saturated rings. The molecule has 0 radical (unpaired) electrons. The van der Waals surface area contributed by atoms with Crippen LogP contribution in [-0.2, 0) is 24.3 Å². The summed E-state index contributed by atoms with van der Waals surface area (Å²) in [5.74, 6) is -0.768. The van der Waals surface area contributed by atoms with Crippen LogP contribution in [0.5, 0.6) is 5.75 Å². The summed E-state index contributed by atoms with van der Waals surface area (Å²) in [5, 5.41) is 26.6. The maximum Gasteiger partial charge on any atom is 0.410 e. The van der Waals surface area contributed by atoms with Crippen LogP contribution in [-0.4, -0.2) is 84.6 Å². The summed E-state index contributed by atoms with van der Waals surface area (Å²) in [6, 6.07) is 21.6. The molecule has 61 heavy (non-hydrogen) atoms. The number of benzene rings is 3. The average Bonchev–Trinajstić information content (AvgIpc) is 3.21. The summed E-state index contributed by atoms with van der Waals surface area (Å²) in [5.41, 5.74) is -1.19. The molecule has 1 unspecified atom stereocenters. The molecule has 330 valence electrons. The number of aromatic hydroxyl groups is 1. The molecule has 4 N–H and O–H groups in total. The van der Waals surface area contributed by atoms with Gasteiger partial charge in [-0.15, -0.1) is 0 Å². The number of H-pyrrole nitrogens is 1. The van der Waals surface area contributed by atoms with Crippen LogP contribution in [0.3, 0.4) is 0 Å². The first-order chi connectivity index (χ1) is 28.7. The van der Waals surface area contributed by atoms with E-state index in [1.807, 2.05) is 20.8 Å². The lowest BCUT2D eigenvalue weighted by Crippen LogP contribution is -2.46. The molecular weight excluding hydrogens is 791 g/mol. The first-order valence-electron chi connectivity index (χ1n) is 21.5. The fourth-order valence-corrected chi connectivity index (χ4v) is 8.58. The van der Waals surface area contributed by atoms with Gasteiger partial charge in [0, 0.05) is 35.5 Å². The summed E-state index contributed by atoms with van der Waals surface area (Å²) >= 11 is 0. The van der Waals surface area contributed by atoms with E-state index in [0.717, 1.165) is 31.5 Å². The van der Waals surface area contributed by atoms with Gasteiger partial charge in [-0.2, -0.15) is 0 Å². The summed E-state index contributed by atoms with van der Waals surface area (Å²) in [7, 11) is -2.45. The fourth-order valence-electron chi connectivity index (χ4n) is 7.31. The van der Waals surface area contributed by atoms with Gasteiger partial charge in [-0.3, -0.25) is 9.59 Å². The van der Waals surface area contributed by atoms with E-state index in [4.69, 9.17) is 13.9 Å². The van der Waals surface area contributed by atoms with Crippen LogP contribution in [0.2, 0.25) is 18.1 Å². The number of carbonyl (C=O) groups excluding carboxylic acids is 3. The molecule has 5 rings (SSSR count). The molecule has 2 atom stereocenters. The molecule has 0 saturated carbocycles. The Bertz CT molecular complexity index is 2190. The van der Waals surface area contributed by atoms with Crippen LogP contribution in [0, 0.1) is 5.92 Å². The molecule has 1 saturated heterocycles. The smallest absolute Gasteiger partial charge is 0.410 e. The van der Waals surface area contributed by atoms with Gasteiger partial charge in [-0.1, -0.05) is 81.8 Å². The van der Waals surface area contributed by atoms with Crippen LogP contribution in [0.25, 0.3) is 10.9 Å². The van der Waals surface area contributed by atoms with Crippen molar-refractivity contribution >= 4 is 37.1 Å². The summed E-state index contributed by atoms with van der Waals surface area (Å²) < 4.78 is 18.7. The van der Waals surface area contributed by atoms with Crippen molar-refractivity contribution in [2.45, 2.75) is 116 Å². The molecular formula is C48H65N3O9Si. The highest BCUT2D eigenvalue weighted by molar-refractivity contribution is 6.74. The molecule has 1 aliphatic heterocycles. The number of ether oxygens (including phenoxy) is 2. The van der Waals surface area contributed by atoms with Crippen molar-refractivity contribution in [3.8, 4) is 5.75 Å². The number of hydrogen-bond donors (Lipinski definition) is 4. The van der Waals surface area contributed by atoms with Crippen LogP contribution < -0.4 is 10.9 Å². The quantitative estimate of drug-likeness (QED) is 0.0349. The lowest BCUT2D eigenvalue weighted by molar-refractivity contribution is -0.163. The number of rotatable bonds is 17. The number of piperidine rings is 1. The van der Waals surface area contributed by atoms with E-state index in [9.17, 15) is 29.4 Å². The number of pyridine rings is 1. The second-order valence-electron chi connectivity index (χ2n) is 18.8. The van der Waals surface area contributed by atoms with Crippen molar-refractivity contribution in [2.75, 3.05) is 32.8 Å². The Balaban J connectivity index is 1.31. The normalized spacial score (nSPS) is 15.5. The highest BCUT2D eigenvalue weighted by Gasteiger charge is 2.43. The van der Waals surface area contributed by atoms with Gasteiger partial charge in [-0.25, -0.2) is 9.59 Å². The number of esters is 1. The SMILES string of the molecule is CC(C)(C)OC(=O)N(CCCCCC(=O)c1cccc(C(O)(C(=O)OCC2CCNCC2)c2ccccc2)c1)C[C@H](O[Si](C)(C)C(C)(C)C)c1ccc(O)c2[nH]c(=O)ccc12. The number of fused-ring (bicyclic) bond motifs is 1. The lowest BCUT2D eigenvalue weighted by Gasteiger charge is -2.41. The predicted octanol–water partition coefficient (Wildman–Crippen LogP) is 8.76. The van der Waals surface area contributed by atoms with E-state index >= 15 is 0 Å². The second-order valence-corrected chi connectivity index (χ2v) is 23.5. The van der Waals surface area contributed by atoms with Gasteiger partial charge in [0.25, 0.3) is 0 Å². The van der Waals surface area contributed by atoms with Crippen LogP contribution >= 0.6 is 0 Å². The van der Waals surface area contributed by atoms with Gasteiger partial charge in [0.05, 0.1) is 24.8 Å². The Kier molecular flexibility index (Phi) is 15.4. The number of unbranched alkanes of at least 4 members (excludes halogenated alkanes) is 2. The number of hydrogen-bond acceptors (Lipinski definition) is 10. The third kappa shape index (κ3) is 12.2. The van der Waals surface area contributed by atoms with Gasteiger partial charge in [0.1, 0.15) is 11.4 Å². The van der Waals surface area contributed by atoms with E-state index in [1.165, 1.54) is 12.1 Å². The molecule has 4 aromatic rings. The third-order valence-electron chi connectivity index (χ3n) is 11.9. The molecule has 1 amide bonds. The minimum absolute atomic E-state index is 0.0647. The standard InChI is InChI=1S/C48H65N3O9Si/c1-46(2,3)59-45(56)51(31-41(60-61(7,8)47(4,5)6)37-21-23-40(53)43-38(37)22-24-42(54)50-43)29-14-10-13-20-39(52)34-16-15-19-36(30-34)48(57,35-17-11-9-12-18-35)44(55)58-32-33-25-27-49-28-26-33/h9,11-12,15-19,21-24,30,33,41,49,53,57H,10,13-14,20,25-29,31-32H2,1-8H3,(H,50,54)/t41-,48?/m0/s1. The largest absolute Gasteiger partial charge is 0.506 e. The van der Waals surface area contributed by atoms with Gasteiger partial charge >= 0.3 is 12.1 Å². The van der Waals surface area contributed by atoms with Crippen molar-refractivity contribution in [3.05, 3.63) is 111 Å². The Hall–Kier alpha value is -4.82. The van der Waals surface area contributed by atoms with Crippen LogP contribution in [0.15, 0.2) is 83.7 Å². The Labute approximate surface area is 361 Å². The van der Waals surface area contributed by atoms with E-state index in [-0.39, 0.29) is 53.2 Å². The van der Waals surface area contributed by atoms with Gasteiger partial charge < -0.3 is 39.3 Å². The fraction of sp³-hybridized carbons (Fsp3) is 0.500. The topological polar surface area (TPSA) is 167 Å². The predicted molar refractivity (Wildman–Crippen MR) is 240 cm³/mol. The Morgan fingerprint density at radius 2 is 1.56 bits per heavy atom. The minimum Gasteiger partial charge on any atom is -0.506 e. The number of Topliss-reactive ketones (excluding diaryl/α,β-unsaturated/α-hetero) is 1. The zero-order valence-electron chi connectivity index (χ0n) is 37.1. The Morgan fingerprint density at radius 3 is 2.23 bits per heavy atom. The molecule has 1 aromatic heterocycles. The van der Waals surface area contributed by atoms with Crippen molar-refractivity contribution < 1.29 is 38.5 Å². The molecule has 1 aliphatic rings. The minimum atomic E-state index is -2.45. The molecule has 2 heterocycles. The second kappa shape index (κ2) is 19.9. The number of nitrogens with zero attached hydrogens (tertiary/aromatic N) is 1. The number of phenols is 1. The number of aliphatic hydroxyl groups is 1. The van der Waals surface area contributed by atoms with Crippen LogP contribution in [0.4, 0.5) is 4.79 Å². The van der Waals surface area contributed by atoms with Crippen molar-refractivity contribution in [1.29, 1.82) is 0 Å². The van der Waals surface area contributed by atoms with E-state index in [0.29, 0.717) is 47.8 Å². The number of carbonyl (C=O) groups is 3. The number of aromatic amines is 1. The number of ketones is 1. The summed E-state index contributed by atoms with van der Waals surface area (Å²) in [6.45, 7) is 18.5. The maximum atomic E-state index is 13.9. The van der Waals surface area contributed by atoms with Crippen LogP contribution in [0.1, 0.15) is 113 Å². The van der Waals surface area contributed by atoms with Crippen molar-refractivity contribution in [3.63, 3.8) is 0 Å². The van der Waals surface area contributed by atoms with Crippen molar-refractivity contribution in [2.24, 2.45) is 5.92 Å². The monoisotopic (exact) mass is 855 g/mol. The molecule has 0 aliphatic carbocycles. The highest BCUT2D eigenvalue weighted by atomic mass is 28.4. The van der Waals surface area contributed by atoms with Crippen molar-refractivity contribution in [1.82, 2.24) is 15.2 Å². The molecule has 12 nitrogen and oxygen atoms in total. The first-order valence-corrected chi connectivity index (χ1v) is 24.4. The molecule has 0 spiro atoms. The number of aromatic nitrogens is 1. The maximum absolute atomic E-state index is 13.9. The number of phenolic OH excluding ortho intramolecular Hbond substituents is 1. The zero-order chi connectivity index (χ0) is 44.6. The highest BCUT2D eigenvalue weighted by Crippen LogP contribution is 2.42. The van der Waals surface area contributed by atoms with E-state index < -0.39 is 37.7 Å².